The molecule has 0 amide bonds. The second-order valence-electron chi connectivity index (χ2n) is 8.86. The zero-order valence-electron chi connectivity index (χ0n) is 19.7. The average Bonchev–Trinajstić information content (AvgIpc) is 2.78. The van der Waals surface area contributed by atoms with Gasteiger partial charge in [0, 0.05) is 12.7 Å². The molecule has 2 rings (SSSR count). The number of aliphatic hydroxyl groups is 2. The van der Waals surface area contributed by atoms with Crippen molar-refractivity contribution < 1.29 is 32.9 Å². The highest BCUT2D eigenvalue weighted by molar-refractivity contribution is 6.29. The summed E-state index contributed by atoms with van der Waals surface area (Å²) in [6.07, 6.45) is 1.36. The molecule has 1 aromatic heterocycles. The maximum atomic E-state index is 12.9. The normalized spacial score (nSPS) is 23.1. The summed E-state index contributed by atoms with van der Waals surface area (Å²) < 4.78 is 49.8. The maximum absolute atomic E-state index is 12.9. The zero-order valence-corrected chi connectivity index (χ0v) is 20.5. The van der Waals surface area contributed by atoms with Crippen molar-refractivity contribution in [1.29, 1.82) is 0 Å². The van der Waals surface area contributed by atoms with Crippen molar-refractivity contribution >= 4 is 17.4 Å². The predicted molar refractivity (Wildman–Crippen MR) is 126 cm³/mol. The highest BCUT2D eigenvalue weighted by atomic mass is 35.5. The number of ether oxygens (including phenoxy) is 2. The van der Waals surface area contributed by atoms with Gasteiger partial charge in [0.05, 0.1) is 25.4 Å². The van der Waals surface area contributed by atoms with Gasteiger partial charge in [-0.2, -0.15) is 13.2 Å². The van der Waals surface area contributed by atoms with Crippen LogP contribution < -0.4 is 16.8 Å². The van der Waals surface area contributed by atoms with Gasteiger partial charge in [-0.15, -0.1) is 0 Å². The molecular weight excluding hydrogens is 491 g/mol. The lowest BCUT2D eigenvalue weighted by Crippen LogP contribution is -2.57. The van der Waals surface area contributed by atoms with E-state index in [0.717, 1.165) is 44.6 Å². The molecule has 0 radical (unpaired) electrons. The number of halogens is 4. The van der Waals surface area contributed by atoms with Gasteiger partial charge in [-0.3, -0.25) is 0 Å². The smallest absolute Gasteiger partial charge is 0.388 e. The Hall–Kier alpha value is -1.28. The van der Waals surface area contributed by atoms with Crippen LogP contribution in [0.5, 0.6) is 0 Å². The van der Waals surface area contributed by atoms with Gasteiger partial charge in [0.1, 0.15) is 29.3 Å². The Kier molecular flexibility index (Phi) is 12.9. The maximum Gasteiger partial charge on any atom is 0.451 e. The number of alkyl halides is 3. The first-order valence-corrected chi connectivity index (χ1v) is 12.4. The van der Waals surface area contributed by atoms with E-state index in [4.69, 9.17) is 32.5 Å². The number of aromatic nitrogens is 2. The van der Waals surface area contributed by atoms with Gasteiger partial charge in [0.2, 0.25) is 5.82 Å². The van der Waals surface area contributed by atoms with Crippen molar-refractivity contribution in [2.75, 3.05) is 25.1 Å². The topological polar surface area (TPSA) is 149 Å². The second kappa shape index (κ2) is 15.1. The Bertz CT molecular complexity index is 748. The van der Waals surface area contributed by atoms with Crippen molar-refractivity contribution in [3.05, 3.63) is 17.0 Å². The van der Waals surface area contributed by atoms with Crippen LogP contribution in [0, 0.1) is 0 Å². The van der Waals surface area contributed by atoms with Crippen LogP contribution in [0.1, 0.15) is 63.6 Å². The van der Waals surface area contributed by atoms with Gasteiger partial charge < -0.3 is 36.5 Å². The van der Waals surface area contributed by atoms with Gasteiger partial charge in [-0.05, 0) is 12.8 Å². The van der Waals surface area contributed by atoms with Crippen LogP contribution in [-0.4, -0.2) is 70.5 Å². The Morgan fingerprint density at radius 1 is 1.06 bits per heavy atom. The molecule has 0 bridgehead atoms. The zero-order chi connectivity index (χ0) is 25.8. The van der Waals surface area contributed by atoms with E-state index in [1.165, 1.54) is 19.3 Å². The molecule has 0 spiro atoms. The third-order valence-electron chi connectivity index (χ3n) is 5.77. The molecule has 7 N–H and O–H groups in total. The average molecular weight is 528 g/mol. The molecule has 0 aromatic carbocycles. The second-order valence-corrected chi connectivity index (χ2v) is 9.24. The molecule has 202 valence electrons. The van der Waals surface area contributed by atoms with Gasteiger partial charge in [0.15, 0.2) is 0 Å². The van der Waals surface area contributed by atoms with Crippen molar-refractivity contribution in [3.8, 4) is 0 Å². The van der Waals surface area contributed by atoms with Gasteiger partial charge in [-0.1, -0.05) is 56.5 Å². The summed E-state index contributed by atoms with van der Waals surface area (Å²) in [6.45, 7) is 0.552. The summed E-state index contributed by atoms with van der Waals surface area (Å²) in [5.74, 6) is -1.63. The fourth-order valence-electron chi connectivity index (χ4n) is 3.81. The number of hydrogen-bond donors (Lipinski definition) is 5. The highest BCUT2D eigenvalue weighted by Crippen LogP contribution is 2.29. The first kappa shape index (κ1) is 29.9. The summed E-state index contributed by atoms with van der Waals surface area (Å²) in [4.78, 5) is 6.53. The van der Waals surface area contributed by atoms with Crippen molar-refractivity contribution in [1.82, 2.24) is 9.97 Å². The summed E-state index contributed by atoms with van der Waals surface area (Å²) in [7, 11) is 0. The van der Waals surface area contributed by atoms with E-state index in [1.54, 1.807) is 0 Å². The molecule has 9 nitrogen and oxygen atoms in total. The molecule has 13 heteroatoms. The van der Waals surface area contributed by atoms with Crippen LogP contribution in [0.4, 0.5) is 19.0 Å². The molecule has 2 heterocycles. The van der Waals surface area contributed by atoms with E-state index in [0.29, 0.717) is 6.61 Å². The number of nitrogens with one attached hydrogen (secondary N) is 1. The van der Waals surface area contributed by atoms with Crippen LogP contribution in [0.25, 0.3) is 0 Å². The molecule has 1 fully saturated rings. The molecule has 1 saturated heterocycles. The summed E-state index contributed by atoms with van der Waals surface area (Å²) in [5.41, 5.74) is 11.0. The van der Waals surface area contributed by atoms with Crippen molar-refractivity contribution in [2.24, 2.45) is 11.5 Å². The number of nitrogens with zero attached hydrogens (tertiary/aromatic N) is 2. The summed E-state index contributed by atoms with van der Waals surface area (Å²) in [6, 6.07) is 0.211. The Morgan fingerprint density at radius 2 is 1.69 bits per heavy atom. The van der Waals surface area contributed by atoms with Crippen LogP contribution in [0.2, 0.25) is 5.15 Å². The molecular formula is C22H37ClF3N5O4. The highest BCUT2D eigenvalue weighted by Gasteiger charge is 2.39. The molecule has 35 heavy (non-hydrogen) atoms. The van der Waals surface area contributed by atoms with Gasteiger partial charge in [0.25, 0.3) is 0 Å². The third kappa shape index (κ3) is 11.1. The minimum Gasteiger partial charge on any atom is -0.388 e. The Morgan fingerprint density at radius 3 is 2.31 bits per heavy atom. The Labute approximate surface area is 208 Å². The molecule has 1 aliphatic rings. The molecule has 0 aliphatic carbocycles. The SMILES string of the molecule is NC(N)CCCCCCCCCCOC[C@H]1OC[C@H](Nc2cc(Cl)nc(C(F)(F)F)n2)[C@@H](O)[C@H]1O. The minimum atomic E-state index is -4.77. The molecule has 1 aromatic rings. The van der Waals surface area contributed by atoms with E-state index in [-0.39, 0.29) is 25.2 Å². The summed E-state index contributed by atoms with van der Waals surface area (Å²) in [5, 5.41) is 23.0. The minimum absolute atomic E-state index is 0.0631. The monoisotopic (exact) mass is 527 g/mol. The first-order chi connectivity index (χ1) is 16.6. The lowest BCUT2D eigenvalue weighted by molar-refractivity contribution is -0.159. The van der Waals surface area contributed by atoms with Crippen molar-refractivity contribution in [2.45, 2.75) is 94.5 Å². The summed E-state index contributed by atoms with van der Waals surface area (Å²) >= 11 is 5.65. The van der Waals surface area contributed by atoms with Crippen LogP contribution in [0.15, 0.2) is 6.07 Å². The van der Waals surface area contributed by atoms with E-state index < -0.39 is 41.5 Å². The molecule has 4 atom stereocenters. The van der Waals surface area contributed by atoms with E-state index >= 15 is 0 Å². The van der Waals surface area contributed by atoms with Gasteiger partial charge in [-0.25, -0.2) is 9.97 Å². The van der Waals surface area contributed by atoms with E-state index in [1.807, 2.05) is 0 Å². The predicted octanol–water partition coefficient (Wildman–Crippen LogP) is 2.82. The van der Waals surface area contributed by atoms with Crippen LogP contribution >= 0.6 is 11.6 Å². The third-order valence-corrected chi connectivity index (χ3v) is 5.97. The molecule has 0 saturated carbocycles. The number of nitrogens with two attached hydrogens (primary N) is 2. The number of unbranched alkanes of at least 4 members (excludes halogenated alkanes) is 7. The van der Waals surface area contributed by atoms with E-state index in [2.05, 4.69) is 15.3 Å². The quantitative estimate of drug-likeness (QED) is 0.132. The lowest BCUT2D eigenvalue weighted by atomic mass is 9.98. The van der Waals surface area contributed by atoms with Gasteiger partial charge >= 0.3 is 6.18 Å². The number of hydrogen-bond acceptors (Lipinski definition) is 9. The number of anilines is 1. The number of rotatable bonds is 15. The van der Waals surface area contributed by atoms with Crippen LogP contribution in [-0.2, 0) is 15.7 Å². The lowest BCUT2D eigenvalue weighted by Gasteiger charge is -2.38. The number of aliphatic hydroxyl groups excluding tert-OH is 2. The molecule has 0 unspecified atom stereocenters. The fourth-order valence-corrected chi connectivity index (χ4v) is 3.99. The largest absolute Gasteiger partial charge is 0.451 e. The Balaban J connectivity index is 1.61. The van der Waals surface area contributed by atoms with Crippen LogP contribution in [0.3, 0.4) is 0 Å². The van der Waals surface area contributed by atoms with E-state index in [9.17, 15) is 23.4 Å². The standard InChI is InChI=1S/C22H37ClF3N5O4/c23-16-11-18(31-21(30-16)22(24,25)26)29-14-12-35-15(20(33)19(14)32)13-34-10-8-6-4-2-1-3-5-7-9-17(27)28/h11,14-15,17,19-20,32-33H,1-10,12-13,27-28H2,(H,29,30,31)/t14-,15+,19+,20-/m0/s1. The fraction of sp³-hybridized carbons (Fsp3) is 0.818. The molecule has 1 aliphatic heterocycles. The first-order valence-electron chi connectivity index (χ1n) is 12.0. The van der Waals surface area contributed by atoms with Crippen molar-refractivity contribution in [3.63, 3.8) is 0 Å².